The van der Waals surface area contributed by atoms with E-state index in [1.54, 1.807) is 6.92 Å². The lowest BCUT2D eigenvalue weighted by Gasteiger charge is -2.21. The quantitative estimate of drug-likeness (QED) is 0.744. The maximum atomic E-state index is 11.9. The standard InChI is InChI=1S/C13H22O3S2/c1-9(14)17-6-5-11-7-10(8-18-11)12(15)16-13(2,3)4/h10-11H,5-8H2,1-4H3. The van der Waals surface area contributed by atoms with Crippen molar-refractivity contribution in [2.75, 3.05) is 11.5 Å². The smallest absolute Gasteiger partial charge is 0.310 e. The number of rotatable bonds is 4. The topological polar surface area (TPSA) is 43.4 Å². The van der Waals surface area contributed by atoms with Gasteiger partial charge in [-0.25, -0.2) is 0 Å². The molecule has 5 heteroatoms. The highest BCUT2D eigenvalue weighted by atomic mass is 32.2. The molecule has 0 radical (unpaired) electrons. The molecule has 0 aliphatic carbocycles. The number of thioether (sulfide) groups is 2. The summed E-state index contributed by atoms with van der Waals surface area (Å²) in [7, 11) is 0. The molecule has 0 aromatic heterocycles. The summed E-state index contributed by atoms with van der Waals surface area (Å²) in [5.41, 5.74) is -0.398. The van der Waals surface area contributed by atoms with Gasteiger partial charge in [0, 0.05) is 23.7 Å². The second-order valence-electron chi connectivity index (χ2n) is 5.55. The molecule has 1 fully saturated rings. The Kier molecular flexibility index (Phi) is 6.05. The fourth-order valence-corrected chi connectivity index (χ4v) is 4.06. The van der Waals surface area contributed by atoms with E-state index in [1.807, 2.05) is 32.5 Å². The molecule has 18 heavy (non-hydrogen) atoms. The lowest BCUT2D eigenvalue weighted by molar-refractivity contribution is -0.159. The third-order valence-electron chi connectivity index (χ3n) is 2.57. The Hall–Kier alpha value is -0.160. The van der Waals surface area contributed by atoms with Crippen LogP contribution in [0.25, 0.3) is 0 Å². The lowest BCUT2D eigenvalue weighted by atomic mass is 10.0. The van der Waals surface area contributed by atoms with Crippen molar-refractivity contribution in [1.82, 2.24) is 0 Å². The largest absolute Gasteiger partial charge is 0.460 e. The van der Waals surface area contributed by atoms with E-state index in [9.17, 15) is 9.59 Å². The van der Waals surface area contributed by atoms with Gasteiger partial charge in [-0.05, 0) is 33.6 Å². The van der Waals surface area contributed by atoms with E-state index < -0.39 is 5.60 Å². The predicted molar refractivity (Wildman–Crippen MR) is 78.0 cm³/mol. The zero-order chi connectivity index (χ0) is 13.8. The van der Waals surface area contributed by atoms with Crippen molar-refractivity contribution in [2.45, 2.75) is 51.4 Å². The Morgan fingerprint density at radius 2 is 2.06 bits per heavy atom. The molecule has 2 unspecified atom stereocenters. The van der Waals surface area contributed by atoms with Crippen molar-refractivity contribution in [2.24, 2.45) is 5.92 Å². The van der Waals surface area contributed by atoms with Crippen LogP contribution in [0.1, 0.15) is 40.5 Å². The van der Waals surface area contributed by atoms with Crippen molar-refractivity contribution in [1.29, 1.82) is 0 Å². The van der Waals surface area contributed by atoms with E-state index in [0.717, 1.165) is 24.3 Å². The first-order chi connectivity index (χ1) is 8.28. The molecular formula is C13H22O3S2. The van der Waals surface area contributed by atoms with Crippen molar-refractivity contribution in [3.8, 4) is 0 Å². The predicted octanol–water partition coefficient (Wildman–Crippen LogP) is 3.12. The van der Waals surface area contributed by atoms with Crippen LogP contribution in [0.3, 0.4) is 0 Å². The van der Waals surface area contributed by atoms with Crippen molar-refractivity contribution in [3.05, 3.63) is 0 Å². The first-order valence-corrected chi connectivity index (χ1v) is 8.29. The fraction of sp³-hybridized carbons (Fsp3) is 0.846. The fourth-order valence-electron chi connectivity index (χ4n) is 1.79. The van der Waals surface area contributed by atoms with Crippen LogP contribution in [-0.2, 0) is 14.3 Å². The van der Waals surface area contributed by atoms with Crippen molar-refractivity contribution >= 4 is 34.6 Å². The maximum Gasteiger partial charge on any atom is 0.310 e. The molecule has 0 aromatic carbocycles. The minimum absolute atomic E-state index is 0.0292. The van der Waals surface area contributed by atoms with Gasteiger partial charge in [-0.3, -0.25) is 9.59 Å². The van der Waals surface area contributed by atoms with Gasteiger partial charge >= 0.3 is 5.97 Å². The molecule has 104 valence electrons. The van der Waals surface area contributed by atoms with E-state index in [4.69, 9.17) is 4.74 Å². The molecule has 1 aliphatic rings. The SMILES string of the molecule is CC(=O)SCCC1CC(C(=O)OC(C)(C)C)CS1. The Morgan fingerprint density at radius 1 is 1.39 bits per heavy atom. The molecule has 1 aliphatic heterocycles. The average Bonchev–Trinajstić information content (AvgIpc) is 2.63. The second-order valence-corrected chi connectivity index (χ2v) is 8.16. The summed E-state index contributed by atoms with van der Waals surface area (Å²) >= 11 is 3.20. The van der Waals surface area contributed by atoms with Gasteiger partial charge in [0.1, 0.15) is 5.60 Å². The molecule has 1 saturated heterocycles. The van der Waals surface area contributed by atoms with Gasteiger partial charge in [0.05, 0.1) is 5.92 Å². The van der Waals surface area contributed by atoms with Crippen LogP contribution in [0, 0.1) is 5.92 Å². The minimum atomic E-state index is -0.398. The summed E-state index contributed by atoms with van der Waals surface area (Å²) in [6.07, 6.45) is 1.88. The Morgan fingerprint density at radius 3 is 2.61 bits per heavy atom. The average molecular weight is 290 g/mol. The first-order valence-electron chi connectivity index (χ1n) is 6.26. The summed E-state index contributed by atoms with van der Waals surface area (Å²) in [5, 5.41) is 0.663. The molecule has 0 saturated carbocycles. The van der Waals surface area contributed by atoms with E-state index >= 15 is 0 Å². The Balaban J connectivity index is 2.28. The normalized spacial score (nSPS) is 24.0. The summed E-state index contributed by atoms with van der Waals surface area (Å²) in [6, 6.07) is 0. The first kappa shape index (κ1) is 15.9. The van der Waals surface area contributed by atoms with Crippen molar-refractivity contribution in [3.63, 3.8) is 0 Å². The maximum absolute atomic E-state index is 11.9. The number of ether oxygens (including phenoxy) is 1. The van der Waals surface area contributed by atoms with E-state index in [-0.39, 0.29) is 17.0 Å². The van der Waals surface area contributed by atoms with Gasteiger partial charge in [-0.15, -0.1) is 0 Å². The van der Waals surface area contributed by atoms with Crippen LogP contribution in [0.15, 0.2) is 0 Å². The summed E-state index contributed by atoms with van der Waals surface area (Å²) in [6.45, 7) is 7.28. The summed E-state index contributed by atoms with van der Waals surface area (Å²) in [5.74, 6) is 1.66. The van der Waals surface area contributed by atoms with Crippen LogP contribution in [-0.4, -0.2) is 33.4 Å². The number of hydrogen-bond donors (Lipinski definition) is 0. The zero-order valence-corrected chi connectivity index (χ0v) is 13.2. The number of carbonyl (C=O) groups excluding carboxylic acids is 2. The summed E-state index contributed by atoms with van der Waals surface area (Å²) in [4.78, 5) is 22.7. The van der Waals surface area contributed by atoms with E-state index in [2.05, 4.69) is 0 Å². The van der Waals surface area contributed by atoms with Gasteiger partial charge in [0.25, 0.3) is 0 Å². The molecule has 0 aromatic rings. The molecular weight excluding hydrogens is 268 g/mol. The van der Waals surface area contributed by atoms with Gasteiger partial charge in [0.2, 0.25) is 0 Å². The number of hydrogen-bond acceptors (Lipinski definition) is 5. The van der Waals surface area contributed by atoms with Gasteiger partial charge in [-0.2, -0.15) is 11.8 Å². The molecule has 0 amide bonds. The monoisotopic (exact) mass is 290 g/mol. The zero-order valence-electron chi connectivity index (χ0n) is 11.5. The van der Waals surface area contributed by atoms with Gasteiger partial charge in [-0.1, -0.05) is 11.8 Å². The van der Waals surface area contributed by atoms with Crippen molar-refractivity contribution < 1.29 is 14.3 Å². The van der Waals surface area contributed by atoms with Crippen LogP contribution in [0.2, 0.25) is 0 Å². The molecule has 3 nitrogen and oxygen atoms in total. The molecule has 1 heterocycles. The highest BCUT2D eigenvalue weighted by molar-refractivity contribution is 8.13. The molecule has 1 rings (SSSR count). The molecule has 0 spiro atoms. The third-order valence-corrected chi connectivity index (χ3v) is 4.91. The molecule has 0 bridgehead atoms. The Bertz CT molecular complexity index is 310. The number of carbonyl (C=O) groups is 2. The van der Waals surface area contributed by atoms with Crippen LogP contribution in [0.5, 0.6) is 0 Å². The van der Waals surface area contributed by atoms with Crippen LogP contribution >= 0.6 is 23.5 Å². The second kappa shape index (κ2) is 6.85. The van der Waals surface area contributed by atoms with E-state index in [0.29, 0.717) is 5.25 Å². The number of esters is 1. The lowest BCUT2D eigenvalue weighted by Crippen LogP contribution is -2.28. The van der Waals surface area contributed by atoms with Gasteiger partial charge in [0.15, 0.2) is 5.12 Å². The van der Waals surface area contributed by atoms with Crippen LogP contribution < -0.4 is 0 Å². The molecule has 0 N–H and O–H groups in total. The summed E-state index contributed by atoms with van der Waals surface area (Å²) < 4.78 is 5.40. The minimum Gasteiger partial charge on any atom is -0.460 e. The third kappa shape index (κ3) is 6.14. The van der Waals surface area contributed by atoms with Crippen LogP contribution in [0.4, 0.5) is 0 Å². The van der Waals surface area contributed by atoms with E-state index in [1.165, 1.54) is 11.8 Å². The molecule has 2 atom stereocenters. The van der Waals surface area contributed by atoms with Gasteiger partial charge < -0.3 is 4.74 Å². The Labute approximate surface area is 118 Å². The highest BCUT2D eigenvalue weighted by Gasteiger charge is 2.33. The highest BCUT2D eigenvalue weighted by Crippen LogP contribution is 2.35.